The fraction of sp³-hybridized carbons (Fsp3) is 0.588. The second-order valence-electron chi connectivity index (χ2n) is 6.13. The van der Waals surface area contributed by atoms with Crippen LogP contribution in [0.25, 0.3) is 0 Å². The van der Waals surface area contributed by atoms with Crippen molar-refractivity contribution in [3.63, 3.8) is 0 Å². The Hall–Kier alpha value is -1.06. The lowest BCUT2D eigenvalue weighted by Crippen LogP contribution is -2.38. The lowest BCUT2D eigenvalue weighted by atomic mass is 9.93. The van der Waals surface area contributed by atoms with Crippen LogP contribution in [0.3, 0.4) is 0 Å². The van der Waals surface area contributed by atoms with E-state index in [2.05, 4.69) is 47.5 Å². The highest BCUT2D eigenvalue weighted by Crippen LogP contribution is 2.33. The summed E-state index contributed by atoms with van der Waals surface area (Å²) in [6.45, 7) is 4.18. The van der Waals surface area contributed by atoms with Crippen LogP contribution in [0.2, 0.25) is 0 Å². The van der Waals surface area contributed by atoms with Gasteiger partial charge in [0.2, 0.25) is 5.91 Å². The van der Waals surface area contributed by atoms with Crippen LogP contribution in [0.1, 0.15) is 44.1 Å². The zero-order valence-electron chi connectivity index (χ0n) is 12.6. The van der Waals surface area contributed by atoms with Gasteiger partial charge in [-0.1, -0.05) is 30.3 Å². The third-order valence-electron chi connectivity index (χ3n) is 4.89. The van der Waals surface area contributed by atoms with Crippen LogP contribution in [0, 0.1) is 0 Å². The Labute approximate surface area is 133 Å². The minimum Gasteiger partial charge on any atom is -0.339 e. The van der Waals surface area contributed by atoms with E-state index in [1.165, 1.54) is 12.0 Å². The van der Waals surface area contributed by atoms with Crippen LogP contribution in [0.4, 0.5) is 0 Å². The lowest BCUT2D eigenvalue weighted by molar-refractivity contribution is -0.132. The molecule has 4 heteroatoms. The van der Waals surface area contributed by atoms with Crippen LogP contribution in [0.15, 0.2) is 30.3 Å². The summed E-state index contributed by atoms with van der Waals surface area (Å²) in [6, 6.07) is 11.3. The molecule has 21 heavy (non-hydrogen) atoms. The van der Waals surface area contributed by atoms with Gasteiger partial charge in [0.1, 0.15) is 0 Å². The number of benzene rings is 1. The number of hydrogen-bond donors (Lipinski definition) is 1. The smallest absolute Gasteiger partial charge is 0.224 e. The predicted molar refractivity (Wildman–Crippen MR) is 87.9 cm³/mol. The molecular formula is C17H25ClN2O. The summed E-state index contributed by atoms with van der Waals surface area (Å²) in [4.78, 5) is 14.6. The molecule has 0 aliphatic carbocycles. The van der Waals surface area contributed by atoms with E-state index in [0.29, 0.717) is 30.3 Å². The molecule has 2 fully saturated rings. The first-order valence-electron chi connectivity index (χ1n) is 7.83. The molecule has 3 unspecified atom stereocenters. The molecule has 0 bridgehead atoms. The molecule has 0 radical (unpaired) electrons. The molecule has 3 atom stereocenters. The quantitative estimate of drug-likeness (QED) is 0.931. The van der Waals surface area contributed by atoms with Gasteiger partial charge in [0.25, 0.3) is 0 Å². The SMILES string of the molecule is CC1C(c2ccccc2)CCN1C(=O)CC1CCCN1.Cl. The van der Waals surface area contributed by atoms with Gasteiger partial charge in [-0.25, -0.2) is 0 Å². The highest BCUT2D eigenvalue weighted by molar-refractivity contribution is 5.85. The first-order chi connectivity index (χ1) is 9.75. The Morgan fingerprint density at radius 2 is 2.05 bits per heavy atom. The number of amides is 1. The molecule has 2 aliphatic heterocycles. The fourth-order valence-corrected chi connectivity index (χ4v) is 3.70. The van der Waals surface area contributed by atoms with E-state index in [4.69, 9.17) is 0 Å². The van der Waals surface area contributed by atoms with Crippen LogP contribution in [0.5, 0.6) is 0 Å². The minimum absolute atomic E-state index is 0. The van der Waals surface area contributed by atoms with Crippen molar-refractivity contribution < 1.29 is 4.79 Å². The average molecular weight is 309 g/mol. The van der Waals surface area contributed by atoms with Crippen LogP contribution in [-0.2, 0) is 4.79 Å². The van der Waals surface area contributed by atoms with Gasteiger partial charge in [-0.2, -0.15) is 0 Å². The summed E-state index contributed by atoms with van der Waals surface area (Å²) >= 11 is 0. The summed E-state index contributed by atoms with van der Waals surface area (Å²) in [6.07, 6.45) is 4.12. The molecule has 1 N–H and O–H groups in total. The molecule has 1 aromatic carbocycles. The van der Waals surface area contributed by atoms with Crippen molar-refractivity contribution in [1.29, 1.82) is 0 Å². The van der Waals surface area contributed by atoms with Gasteiger partial charge in [-0.05, 0) is 38.3 Å². The second-order valence-corrected chi connectivity index (χ2v) is 6.13. The lowest BCUT2D eigenvalue weighted by Gasteiger charge is -2.26. The predicted octanol–water partition coefficient (Wildman–Crippen LogP) is 2.95. The maximum atomic E-state index is 12.5. The molecule has 0 saturated carbocycles. The van der Waals surface area contributed by atoms with Gasteiger partial charge in [-0.3, -0.25) is 4.79 Å². The molecule has 2 aliphatic rings. The molecule has 0 aromatic heterocycles. The first-order valence-corrected chi connectivity index (χ1v) is 7.83. The molecule has 3 nitrogen and oxygen atoms in total. The standard InChI is InChI=1S/C17H24N2O.ClH/c1-13-16(14-6-3-2-4-7-14)9-11-19(13)17(20)12-15-8-5-10-18-15;/h2-4,6-7,13,15-16,18H,5,8-12H2,1H3;1H. The van der Waals surface area contributed by atoms with Crippen molar-refractivity contribution in [2.75, 3.05) is 13.1 Å². The molecule has 0 spiro atoms. The third kappa shape index (κ3) is 3.58. The van der Waals surface area contributed by atoms with Crippen LogP contribution < -0.4 is 5.32 Å². The normalized spacial score (nSPS) is 28.4. The fourth-order valence-electron chi connectivity index (χ4n) is 3.70. The van der Waals surface area contributed by atoms with E-state index in [-0.39, 0.29) is 12.4 Å². The number of carbonyl (C=O) groups excluding carboxylic acids is 1. The number of halogens is 1. The van der Waals surface area contributed by atoms with Gasteiger partial charge in [-0.15, -0.1) is 12.4 Å². The van der Waals surface area contributed by atoms with E-state index >= 15 is 0 Å². The Bertz CT molecular complexity index is 459. The van der Waals surface area contributed by atoms with Crippen LogP contribution in [-0.4, -0.2) is 36.0 Å². The zero-order valence-corrected chi connectivity index (χ0v) is 13.4. The van der Waals surface area contributed by atoms with Crippen molar-refractivity contribution in [1.82, 2.24) is 10.2 Å². The van der Waals surface area contributed by atoms with Gasteiger partial charge < -0.3 is 10.2 Å². The maximum Gasteiger partial charge on any atom is 0.224 e. The molecule has 3 rings (SSSR count). The number of rotatable bonds is 3. The zero-order chi connectivity index (χ0) is 13.9. The van der Waals surface area contributed by atoms with E-state index in [9.17, 15) is 4.79 Å². The van der Waals surface area contributed by atoms with Gasteiger partial charge in [0.05, 0.1) is 0 Å². The third-order valence-corrected chi connectivity index (χ3v) is 4.89. The van der Waals surface area contributed by atoms with Gasteiger partial charge in [0, 0.05) is 31.0 Å². The van der Waals surface area contributed by atoms with Crippen molar-refractivity contribution in [2.45, 2.75) is 50.6 Å². The summed E-state index contributed by atoms with van der Waals surface area (Å²) in [5, 5.41) is 3.42. The Morgan fingerprint density at radius 1 is 1.29 bits per heavy atom. The van der Waals surface area contributed by atoms with Gasteiger partial charge >= 0.3 is 0 Å². The monoisotopic (exact) mass is 308 g/mol. The molecule has 116 valence electrons. The van der Waals surface area contributed by atoms with Crippen LogP contribution >= 0.6 is 12.4 Å². The second kappa shape index (κ2) is 7.28. The highest BCUT2D eigenvalue weighted by Gasteiger charge is 2.35. The average Bonchev–Trinajstić information content (AvgIpc) is 3.09. The van der Waals surface area contributed by atoms with Crippen molar-refractivity contribution in [3.05, 3.63) is 35.9 Å². The van der Waals surface area contributed by atoms with E-state index < -0.39 is 0 Å². The Morgan fingerprint density at radius 3 is 2.71 bits per heavy atom. The number of nitrogens with zero attached hydrogens (tertiary/aromatic N) is 1. The molecule has 2 saturated heterocycles. The van der Waals surface area contributed by atoms with E-state index in [0.717, 1.165) is 25.9 Å². The molecule has 1 aromatic rings. The largest absolute Gasteiger partial charge is 0.339 e. The molecule has 2 heterocycles. The summed E-state index contributed by atoms with van der Waals surface area (Å²) in [7, 11) is 0. The highest BCUT2D eigenvalue weighted by atomic mass is 35.5. The summed E-state index contributed by atoms with van der Waals surface area (Å²) in [5.74, 6) is 0.826. The number of nitrogens with one attached hydrogen (secondary N) is 1. The topological polar surface area (TPSA) is 32.3 Å². The van der Waals surface area contributed by atoms with E-state index in [1.54, 1.807) is 0 Å². The summed E-state index contributed by atoms with van der Waals surface area (Å²) in [5.41, 5.74) is 1.37. The van der Waals surface area contributed by atoms with Gasteiger partial charge in [0.15, 0.2) is 0 Å². The Kier molecular flexibility index (Phi) is 5.65. The maximum absolute atomic E-state index is 12.5. The number of carbonyl (C=O) groups is 1. The number of likely N-dealkylation sites (tertiary alicyclic amines) is 1. The Balaban J connectivity index is 0.00000161. The number of hydrogen-bond acceptors (Lipinski definition) is 2. The van der Waals surface area contributed by atoms with Crippen molar-refractivity contribution in [3.8, 4) is 0 Å². The first kappa shape index (κ1) is 16.3. The van der Waals surface area contributed by atoms with E-state index in [1.807, 2.05) is 0 Å². The minimum atomic E-state index is 0. The molecular weight excluding hydrogens is 284 g/mol. The van der Waals surface area contributed by atoms with Crippen molar-refractivity contribution >= 4 is 18.3 Å². The molecule has 1 amide bonds. The summed E-state index contributed by atoms with van der Waals surface area (Å²) < 4.78 is 0. The van der Waals surface area contributed by atoms with Crippen molar-refractivity contribution in [2.24, 2.45) is 0 Å².